The highest BCUT2D eigenvalue weighted by molar-refractivity contribution is 6.30. The lowest BCUT2D eigenvalue weighted by atomic mass is 10.3. The Kier molecular flexibility index (Phi) is 4.50. The van der Waals surface area contributed by atoms with Crippen molar-refractivity contribution in [3.05, 3.63) is 47.4 Å². The molecule has 0 saturated heterocycles. The molecule has 2 aromatic rings. The van der Waals surface area contributed by atoms with Crippen LogP contribution in [0.15, 0.2) is 36.7 Å². The van der Waals surface area contributed by atoms with Crippen molar-refractivity contribution in [2.75, 3.05) is 6.54 Å². The number of halogens is 1. The van der Waals surface area contributed by atoms with Gasteiger partial charge in [-0.25, -0.2) is 4.98 Å². The van der Waals surface area contributed by atoms with Crippen LogP contribution in [-0.4, -0.2) is 16.5 Å². The van der Waals surface area contributed by atoms with Gasteiger partial charge in [0.2, 0.25) is 5.88 Å². The van der Waals surface area contributed by atoms with Crippen LogP contribution in [0.25, 0.3) is 0 Å². The van der Waals surface area contributed by atoms with Gasteiger partial charge in [0, 0.05) is 17.8 Å². The average molecular weight is 264 g/mol. The third-order valence-corrected chi connectivity index (χ3v) is 2.47. The summed E-state index contributed by atoms with van der Waals surface area (Å²) in [6.45, 7) is 3.61. The van der Waals surface area contributed by atoms with Crippen molar-refractivity contribution in [1.82, 2.24) is 15.3 Å². The minimum atomic E-state index is 0.465. The van der Waals surface area contributed by atoms with E-state index in [2.05, 4.69) is 15.3 Å². The third kappa shape index (κ3) is 3.68. The van der Waals surface area contributed by atoms with Crippen molar-refractivity contribution in [2.24, 2.45) is 0 Å². The number of nitrogens with zero attached hydrogens (tertiary/aromatic N) is 2. The van der Waals surface area contributed by atoms with Gasteiger partial charge in [-0.05, 0) is 24.7 Å². The molecule has 18 heavy (non-hydrogen) atoms. The highest BCUT2D eigenvalue weighted by atomic mass is 35.5. The predicted molar refractivity (Wildman–Crippen MR) is 70.9 cm³/mol. The lowest BCUT2D eigenvalue weighted by molar-refractivity contribution is 0.456. The summed E-state index contributed by atoms with van der Waals surface area (Å²) in [7, 11) is 0. The Labute approximate surface area is 111 Å². The van der Waals surface area contributed by atoms with E-state index in [0.717, 1.165) is 12.2 Å². The number of benzene rings is 1. The Morgan fingerprint density at radius 1 is 1.33 bits per heavy atom. The first-order valence-corrected chi connectivity index (χ1v) is 6.11. The Balaban J connectivity index is 2.09. The largest absolute Gasteiger partial charge is 0.437 e. The fourth-order valence-electron chi connectivity index (χ4n) is 1.42. The molecule has 0 bridgehead atoms. The van der Waals surface area contributed by atoms with Crippen LogP contribution in [0.5, 0.6) is 11.6 Å². The van der Waals surface area contributed by atoms with Crippen molar-refractivity contribution in [3.63, 3.8) is 0 Å². The van der Waals surface area contributed by atoms with Crippen molar-refractivity contribution in [2.45, 2.75) is 13.5 Å². The lowest BCUT2D eigenvalue weighted by Gasteiger charge is -2.06. The van der Waals surface area contributed by atoms with E-state index < -0.39 is 0 Å². The van der Waals surface area contributed by atoms with Crippen LogP contribution in [0.3, 0.4) is 0 Å². The molecule has 1 N–H and O–H groups in total. The number of hydrogen-bond donors (Lipinski definition) is 1. The van der Waals surface area contributed by atoms with Crippen molar-refractivity contribution in [1.29, 1.82) is 0 Å². The molecule has 2 rings (SSSR count). The fourth-order valence-corrected chi connectivity index (χ4v) is 1.61. The lowest BCUT2D eigenvalue weighted by Crippen LogP contribution is -2.13. The standard InChI is InChI=1S/C13H14ClN3O/c1-2-15-7-11-8-16-9-13(17-11)18-12-5-3-4-10(14)6-12/h3-6,8-9,15H,2,7H2,1H3. The molecule has 0 aliphatic carbocycles. The SMILES string of the molecule is CCNCc1cncc(Oc2cccc(Cl)c2)n1. The van der Waals surface area contributed by atoms with Gasteiger partial charge in [-0.15, -0.1) is 0 Å². The van der Waals surface area contributed by atoms with Gasteiger partial charge in [-0.2, -0.15) is 0 Å². The highest BCUT2D eigenvalue weighted by Crippen LogP contribution is 2.22. The second kappa shape index (κ2) is 6.33. The zero-order chi connectivity index (χ0) is 12.8. The Bertz CT molecular complexity index is 519. The molecule has 0 saturated carbocycles. The van der Waals surface area contributed by atoms with Crippen LogP contribution in [0.1, 0.15) is 12.6 Å². The minimum Gasteiger partial charge on any atom is -0.437 e. The molecule has 1 aromatic carbocycles. The molecule has 0 radical (unpaired) electrons. The Morgan fingerprint density at radius 2 is 2.22 bits per heavy atom. The van der Waals surface area contributed by atoms with Crippen LogP contribution < -0.4 is 10.1 Å². The van der Waals surface area contributed by atoms with Gasteiger partial charge in [-0.3, -0.25) is 4.98 Å². The maximum Gasteiger partial charge on any atom is 0.238 e. The zero-order valence-corrected chi connectivity index (χ0v) is 10.8. The number of hydrogen-bond acceptors (Lipinski definition) is 4. The normalized spacial score (nSPS) is 10.3. The molecule has 94 valence electrons. The second-order valence-electron chi connectivity index (χ2n) is 3.69. The topological polar surface area (TPSA) is 47.0 Å². The molecule has 0 atom stereocenters. The quantitative estimate of drug-likeness (QED) is 0.901. The first kappa shape index (κ1) is 12.8. The summed E-state index contributed by atoms with van der Waals surface area (Å²) >= 11 is 5.88. The summed E-state index contributed by atoms with van der Waals surface area (Å²) in [6, 6.07) is 7.18. The minimum absolute atomic E-state index is 0.465. The molecule has 4 nitrogen and oxygen atoms in total. The molecule has 0 aliphatic rings. The third-order valence-electron chi connectivity index (χ3n) is 2.24. The molecule has 1 aromatic heterocycles. The fraction of sp³-hybridized carbons (Fsp3) is 0.231. The van der Waals surface area contributed by atoms with Crippen LogP contribution in [0, 0.1) is 0 Å². The van der Waals surface area contributed by atoms with Gasteiger partial charge >= 0.3 is 0 Å². The summed E-state index contributed by atoms with van der Waals surface area (Å²) in [5.41, 5.74) is 0.844. The molecule has 1 heterocycles. The van der Waals surface area contributed by atoms with Crippen LogP contribution in [0.2, 0.25) is 5.02 Å². The summed E-state index contributed by atoms with van der Waals surface area (Å²) in [5.74, 6) is 1.12. The van der Waals surface area contributed by atoms with E-state index in [1.807, 2.05) is 19.1 Å². The molecule has 0 fully saturated rings. The monoisotopic (exact) mass is 263 g/mol. The number of nitrogens with one attached hydrogen (secondary N) is 1. The second-order valence-corrected chi connectivity index (χ2v) is 4.12. The smallest absolute Gasteiger partial charge is 0.238 e. The van der Waals surface area contributed by atoms with E-state index in [1.165, 1.54) is 0 Å². The molecule has 0 aliphatic heterocycles. The van der Waals surface area contributed by atoms with Crippen LogP contribution >= 0.6 is 11.6 Å². The van der Waals surface area contributed by atoms with Gasteiger partial charge in [0.1, 0.15) is 5.75 Å². The molecule has 5 heteroatoms. The van der Waals surface area contributed by atoms with Gasteiger partial charge < -0.3 is 10.1 Å². The van der Waals surface area contributed by atoms with Crippen LogP contribution in [0.4, 0.5) is 0 Å². The highest BCUT2D eigenvalue weighted by Gasteiger charge is 2.02. The number of aromatic nitrogens is 2. The van der Waals surface area contributed by atoms with Gasteiger partial charge in [0.25, 0.3) is 0 Å². The maximum atomic E-state index is 5.88. The van der Waals surface area contributed by atoms with E-state index in [0.29, 0.717) is 23.2 Å². The molecule has 0 amide bonds. The van der Waals surface area contributed by atoms with E-state index in [-0.39, 0.29) is 0 Å². The number of ether oxygens (including phenoxy) is 1. The Morgan fingerprint density at radius 3 is 3.00 bits per heavy atom. The maximum absolute atomic E-state index is 5.88. The zero-order valence-electron chi connectivity index (χ0n) is 10.1. The molecule has 0 unspecified atom stereocenters. The van der Waals surface area contributed by atoms with E-state index >= 15 is 0 Å². The summed E-state index contributed by atoms with van der Waals surface area (Å²) < 4.78 is 5.59. The van der Waals surface area contributed by atoms with Gasteiger partial charge in [-0.1, -0.05) is 24.6 Å². The Hall–Kier alpha value is -1.65. The first-order chi connectivity index (χ1) is 8.78. The average Bonchev–Trinajstić information content (AvgIpc) is 2.37. The summed E-state index contributed by atoms with van der Waals surface area (Å²) in [6.07, 6.45) is 3.30. The summed E-state index contributed by atoms with van der Waals surface area (Å²) in [4.78, 5) is 8.44. The summed E-state index contributed by atoms with van der Waals surface area (Å²) in [5, 5.41) is 3.81. The van der Waals surface area contributed by atoms with Crippen LogP contribution in [-0.2, 0) is 6.54 Å². The van der Waals surface area contributed by atoms with Gasteiger partial charge in [0.15, 0.2) is 0 Å². The predicted octanol–water partition coefficient (Wildman–Crippen LogP) is 3.03. The van der Waals surface area contributed by atoms with Crippen molar-refractivity contribution < 1.29 is 4.74 Å². The van der Waals surface area contributed by atoms with Crippen molar-refractivity contribution in [3.8, 4) is 11.6 Å². The van der Waals surface area contributed by atoms with E-state index in [1.54, 1.807) is 24.5 Å². The molecule has 0 spiro atoms. The number of rotatable bonds is 5. The molecular weight excluding hydrogens is 250 g/mol. The molecular formula is C13H14ClN3O. The van der Waals surface area contributed by atoms with Gasteiger partial charge in [0.05, 0.1) is 11.9 Å². The van der Waals surface area contributed by atoms with Crippen molar-refractivity contribution >= 4 is 11.6 Å². The van der Waals surface area contributed by atoms with E-state index in [4.69, 9.17) is 16.3 Å². The van der Waals surface area contributed by atoms with E-state index in [9.17, 15) is 0 Å². The first-order valence-electron chi connectivity index (χ1n) is 5.73.